The Morgan fingerprint density at radius 2 is 1.12 bits per heavy atom. The molecule has 0 bridgehead atoms. The highest BCUT2D eigenvalue weighted by Crippen LogP contribution is 2.44. The number of hydrogen-bond donors (Lipinski definition) is 0. The largest absolute Gasteiger partial charge is 0.103 e. The fourth-order valence-corrected chi connectivity index (χ4v) is 18.2. The van der Waals surface area contributed by atoms with Gasteiger partial charge < -0.3 is 0 Å². The maximum absolute atomic E-state index is 2.75. The first-order valence-electron chi connectivity index (χ1n) is 6.83. The second-order valence-electron chi connectivity index (χ2n) is 9.05. The van der Waals surface area contributed by atoms with Gasteiger partial charge in [-0.15, -0.1) is 5.70 Å². The molecule has 0 atom stereocenters. The molecule has 0 aliphatic carbocycles. The molecule has 0 aliphatic heterocycles. The minimum atomic E-state index is -1.32. The minimum absolute atomic E-state index is 0.471. The molecule has 0 rings (SSSR count). The average Bonchev–Trinajstić information content (AvgIpc) is 1.93. The van der Waals surface area contributed by atoms with Crippen molar-refractivity contribution in [2.75, 3.05) is 0 Å². The van der Waals surface area contributed by atoms with Gasteiger partial charge in [0.1, 0.15) is 0 Å². The van der Waals surface area contributed by atoms with Gasteiger partial charge in [0.05, 0.1) is 24.2 Å². The molecule has 0 aromatic carbocycles. The molecule has 0 radical (unpaired) electrons. The Bertz CT molecular complexity index is 293. The standard InChI is InChI=1S/C14H34Si3/c1-14(2,3)17(10,11)13(16(7,8)9)12-15(4,5)6/h12H,1-11H3/b13-12+. The second-order valence-corrected chi connectivity index (χ2v) is 24.9. The van der Waals surface area contributed by atoms with Gasteiger partial charge >= 0.3 is 0 Å². The fourth-order valence-electron chi connectivity index (χ4n) is 2.17. The van der Waals surface area contributed by atoms with Crippen LogP contribution < -0.4 is 0 Å². The van der Waals surface area contributed by atoms with E-state index in [1.807, 2.05) is 4.82 Å². The third-order valence-electron chi connectivity index (χ3n) is 3.93. The van der Waals surface area contributed by atoms with Gasteiger partial charge in [-0.1, -0.05) is 78.0 Å². The van der Waals surface area contributed by atoms with Crippen LogP contribution >= 0.6 is 0 Å². The molecule has 0 N–H and O–H groups in total. The molecular weight excluding hydrogens is 252 g/mol. The molecule has 0 unspecified atom stereocenters. The van der Waals surface area contributed by atoms with E-state index in [4.69, 9.17) is 0 Å². The molecule has 0 saturated carbocycles. The molecule has 0 aromatic rings. The Morgan fingerprint density at radius 3 is 1.29 bits per heavy atom. The summed E-state index contributed by atoms with van der Waals surface area (Å²) in [6.07, 6.45) is 0. The van der Waals surface area contributed by atoms with E-state index in [-0.39, 0.29) is 0 Å². The maximum atomic E-state index is 2.75. The molecule has 17 heavy (non-hydrogen) atoms. The molecule has 0 aromatic heterocycles. The van der Waals surface area contributed by atoms with Crippen LogP contribution in [0.5, 0.6) is 0 Å². The van der Waals surface area contributed by atoms with Crippen LogP contribution in [0.15, 0.2) is 10.5 Å². The van der Waals surface area contributed by atoms with Gasteiger partial charge in [0.15, 0.2) is 0 Å². The molecule has 102 valence electrons. The Balaban J connectivity index is 5.78. The molecule has 0 spiro atoms. The Morgan fingerprint density at radius 1 is 0.765 bits per heavy atom. The van der Waals surface area contributed by atoms with Crippen molar-refractivity contribution in [2.24, 2.45) is 0 Å². The summed E-state index contributed by atoms with van der Waals surface area (Å²) in [5.74, 6) is 0. The van der Waals surface area contributed by atoms with Crippen LogP contribution in [0.2, 0.25) is 57.4 Å². The summed E-state index contributed by atoms with van der Waals surface area (Å²) in [6.45, 7) is 27.5. The molecule has 0 heterocycles. The molecule has 0 nitrogen and oxygen atoms in total. The van der Waals surface area contributed by atoms with Crippen LogP contribution in [0.3, 0.4) is 0 Å². The van der Waals surface area contributed by atoms with Crippen molar-refractivity contribution < 1.29 is 0 Å². The van der Waals surface area contributed by atoms with Crippen LogP contribution in [-0.4, -0.2) is 24.2 Å². The fraction of sp³-hybridized carbons (Fsp3) is 0.857. The van der Waals surface area contributed by atoms with Gasteiger partial charge in [-0.25, -0.2) is 0 Å². The van der Waals surface area contributed by atoms with E-state index >= 15 is 0 Å². The molecular formula is C14H34Si3. The van der Waals surface area contributed by atoms with E-state index in [2.05, 4.69) is 78.8 Å². The summed E-state index contributed by atoms with van der Waals surface area (Å²) in [5.41, 5.74) is 2.75. The van der Waals surface area contributed by atoms with Crippen LogP contribution in [-0.2, 0) is 0 Å². The average molecular weight is 287 g/mol. The lowest BCUT2D eigenvalue weighted by Gasteiger charge is -2.45. The lowest BCUT2D eigenvalue weighted by molar-refractivity contribution is 0.727. The van der Waals surface area contributed by atoms with Crippen molar-refractivity contribution in [2.45, 2.75) is 78.2 Å². The van der Waals surface area contributed by atoms with Crippen molar-refractivity contribution in [1.82, 2.24) is 0 Å². The quantitative estimate of drug-likeness (QED) is 0.582. The van der Waals surface area contributed by atoms with Crippen molar-refractivity contribution in [3.05, 3.63) is 10.5 Å². The van der Waals surface area contributed by atoms with Crippen molar-refractivity contribution in [3.8, 4) is 0 Å². The molecule has 3 heteroatoms. The summed E-state index contributed by atoms with van der Waals surface area (Å²) in [7, 11) is -3.62. The predicted molar refractivity (Wildman–Crippen MR) is 92.0 cm³/mol. The number of hydrogen-bond acceptors (Lipinski definition) is 0. The second kappa shape index (κ2) is 4.82. The van der Waals surface area contributed by atoms with Crippen molar-refractivity contribution in [1.29, 1.82) is 0 Å². The summed E-state index contributed by atoms with van der Waals surface area (Å²) in [6, 6.07) is 0. The van der Waals surface area contributed by atoms with Gasteiger partial charge in [0, 0.05) is 0 Å². The lowest BCUT2D eigenvalue weighted by atomic mass is 10.2. The van der Waals surface area contributed by atoms with Gasteiger partial charge in [-0.3, -0.25) is 0 Å². The van der Waals surface area contributed by atoms with Crippen molar-refractivity contribution in [3.63, 3.8) is 0 Å². The van der Waals surface area contributed by atoms with E-state index in [1.165, 1.54) is 0 Å². The Hall–Kier alpha value is 0.391. The smallest absolute Gasteiger partial charge is 0.0756 e. The van der Waals surface area contributed by atoms with E-state index < -0.39 is 24.2 Å². The topological polar surface area (TPSA) is 0 Å². The van der Waals surface area contributed by atoms with Crippen LogP contribution in [0.1, 0.15) is 20.8 Å². The van der Waals surface area contributed by atoms with E-state index in [9.17, 15) is 0 Å². The van der Waals surface area contributed by atoms with Crippen LogP contribution in [0.4, 0.5) is 0 Å². The summed E-state index contributed by atoms with van der Waals surface area (Å²) in [4.78, 5) is 1.91. The first kappa shape index (κ1) is 17.4. The zero-order chi connectivity index (χ0) is 14.3. The van der Waals surface area contributed by atoms with E-state index in [0.717, 1.165) is 0 Å². The van der Waals surface area contributed by atoms with Crippen LogP contribution in [0.25, 0.3) is 0 Å². The first-order valence-corrected chi connectivity index (χ1v) is 16.9. The minimum Gasteiger partial charge on any atom is -0.103 e. The SMILES string of the molecule is CC(C)(C)[Si](C)(C)/C(=C/[Si](C)(C)C)[Si](C)(C)C. The monoisotopic (exact) mass is 286 g/mol. The summed E-state index contributed by atoms with van der Waals surface area (Å²) >= 11 is 0. The highest BCUT2D eigenvalue weighted by atomic mass is 28.4. The third kappa shape index (κ3) is 4.87. The maximum Gasteiger partial charge on any atom is 0.0756 e. The third-order valence-corrected chi connectivity index (χ3v) is 16.8. The predicted octanol–water partition coefficient (Wildman–Crippen LogP) is 5.72. The highest BCUT2D eigenvalue weighted by Gasteiger charge is 2.43. The highest BCUT2D eigenvalue weighted by molar-refractivity contribution is 7.07. The van der Waals surface area contributed by atoms with Crippen LogP contribution in [0, 0.1) is 0 Å². The van der Waals surface area contributed by atoms with E-state index in [0.29, 0.717) is 5.04 Å². The normalized spacial score (nSPS) is 16.3. The molecule has 0 amide bonds. The zero-order valence-corrected chi connectivity index (χ0v) is 17.1. The van der Waals surface area contributed by atoms with Crippen molar-refractivity contribution >= 4 is 24.2 Å². The first-order chi connectivity index (χ1) is 7.09. The molecule has 0 aliphatic rings. The van der Waals surface area contributed by atoms with Gasteiger partial charge in [0.2, 0.25) is 0 Å². The van der Waals surface area contributed by atoms with E-state index in [1.54, 1.807) is 0 Å². The molecule has 0 fully saturated rings. The number of rotatable bonds is 3. The van der Waals surface area contributed by atoms with Gasteiger partial charge in [-0.2, -0.15) is 0 Å². The Labute approximate surface area is 113 Å². The summed E-state index contributed by atoms with van der Waals surface area (Å²) in [5, 5.41) is 0.471. The molecule has 0 saturated heterocycles. The zero-order valence-electron chi connectivity index (χ0n) is 14.1. The summed E-state index contributed by atoms with van der Waals surface area (Å²) < 4.78 is 0. The van der Waals surface area contributed by atoms with Gasteiger partial charge in [-0.05, 0) is 5.04 Å². The van der Waals surface area contributed by atoms with Gasteiger partial charge in [0.25, 0.3) is 0 Å². The lowest BCUT2D eigenvalue weighted by Crippen LogP contribution is -2.49. The Kier molecular flexibility index (Phi) is 4.93.